The Hall–Kier alpha value is -4.24. The zero-order valence-corrected chi connectivity index (χ0v) is 21.2. The first-order valence-electron chi connectivity index (χ1n) is 11.0. The van der Waals surface area contributed by atoms with E-state index < -0.39 is 5.91 Å². The summed E-state index contributed by atoms with van der Waals surface area (Å²) in [6.45, 7) is 0.0839. The minimum atomic E-state index is -0.609. The van der Waals surface area contributed by atoms with E-state index in [0.717, 1.165) is 16.7 Å². The molecule has 4 N–H and O–H groups in total. The smallest absolute Gasteiger partial charge is 0.268 e. The van der Waals surface area contributed by atoms with E-state index in [1.54, 1.807) is 49.6 Å². The van der Waals surface area contributed by atoms with Crippen molar-refractivity contribution in [3.63, 3.8) is 0 Å². The number of para-hydroxylation sites is 1. The predicted octanol–water partition coefficient (Wildman–Crippen LogP) is 4.21. The number of carbonyl (C=O) groups excluding carboxylic acids is 1. The molecule has 0 radical (unpaired) electrons. The molecule has 8 nitrogen and oxygen atoms in total. The van der Waals surface area contributed by atoms with Gasteiger partial charge in [0.15, 0.2) is 5.82 Å². The standard InChI is InChI=1S/C25H22N6O2.C2H6S/c1-28-14-20(16-10-12-29-13-11-16)23(26)17-6-8-18(9-7-17)33-15-22-30-21-5-3-2-4-19(21)24(31-22)25(27)32;1-3-2/h2-14H,15,26H2,1H3,(H2,27,32);1-2H3/b23-20+,28-14?;. The van der Waals surface area contributed by atoms with E-state index in [-0.39, 0.29) is 12.3 Å². The number of carbonyl (C=O) groups is 1. The first kappa shape index (κ1) is 26.4. The van der Waals surface area contributed by atoms with Crippen LogP contribution < -0.4 is 16.2 Å². The van der Waals surface area contributed by atoms with Crippen molar-refractivity contribution in [3.8, 4) is 5.75 Å². The van der Waals surface area contributed by atoms with Gasteiger partial charge >= 0.3 is 0 Å². The summed E-state index contributed by atoms with van der Waals surface area (Å²) < 4.78 is 5.83. The number of nitrogens with two attached hydrogens (primary N) is 2. The average Bonchev–Trinajstić information content (AvgIpc) is 2.91. The zero-order valence-electron chi connectivity index (χ0n) is 20.4. The van der Waals surface area contributed by atoms with Crippen molar-refractivity contribution < 1.29 is 9.53 Å². The van der Waals surface area contributed by atoms with Gasteiger partial charge in [0.1, 0.15) is 18.1 Å². The summed E-state index contributed by atoms with van der Waals surface area (Å²) in [5.74, 6) is 0.366. The van der Waals surface area contributed by atoms with Crippen LogP contribution in [0.5, 0.6) is 5.75 Å². The third kappa shape index (κ3) is 6.67. The Morgan fingerprint density at radius 2 is 1.64 bits per heavy atom. The van der Waals surface area contributed by atoms with Crippen LogP contribution in [0, 0.1) is 0 Å². The molecule has 2 aromatic heterocycles. The number of thioether (sulfide) groups is 1. The fourth-order valence-corrected chi connectivity index (χ4v) is 3.37. The maximum atomic E-state index is 11.8. The van der Waals surface area contributed by atoms with Crippen LogP contribution in [0.25, 0.3) is 22.2 Å². The zero-order chi connectivity index (χ0) is 25.9. The highest BCUT2D eigenvalue weighted by Crippen LogP contribution is 2.23. The molecule has 9 heteroatoms. The molecule has 0 atom stereocenters. The van der Waals surface area contributed by atoms with Crippen molar-refractivity contribution >= 4 is 46.1 Å². The number of amides is 1. The second-order valence-corrected chi connectivity index (χ2v) is 8.36. The van der Waals surface area contributed by atoms with Crippen LogP contribution in [0.4, 0.5) is 0 Å². The summed E-state index contributed by atoms with van der Waals surface area (Å²) >= 11 is 1.75. The molecule has 0 fully saturated rings. The van der Waals surface area contributed by atoms with Gasteiger partial charge in [0.05, 0.1) is 5.52 Å². The minimum Gasteiger partial charge on any atom is -0.486 e. The Labute approximate surface area is 214 Å². The van der Waals surface area contributed by atoms with Crippen LogP contribution >= 0.6 is 11.8 Å². The molecule has 2 heterocycles. The number of pyridine rings is 1. The number of hydrogen-bond acceptors (Lipinski definition) is 8. The van der Waals surface area contributed by atoms with E-state index in [2.05, 4.69) is 19.9 Å². The van der Waals surface area contributed by atoms with E-state index in [9.17, 15) is 4.79 Å². The number of aliphatic imine (C=N–C) groups is 1. The Kier molecular flexibility index (Phi) is 9.53. The van der Waals surface area contributed by atoms with Crippen LogP contribution in [0.3, 0.4) is 0 Å². The highest BCUT2D eigenvalue weighted by atomic mass is 32.2. The van der Waals surface area contributed by atoms with Crippen molar-refractivity contribution in [1.82, 2.24) is 15.0 Å². The van der Waals surface area contributed by atoms with Crippen LogP contribution in [-0.4, -0.2) is 46.6 Å². The first-order valence-corrected chi connectivity index (χ1v) is 12.6. The highest BCUT2D eigenvalue weighted by Gasteiger charge is 2.13. The van der Waals surface area contributed by atoms with Gasteiger partial charge in [-0.2, -0.15) is 11.8 Å². The number of hydrogen-bond donors (Lipinski definition) is 2. The quantitative estimate of drug-likeness (QED) is 0.364. The van der Waals surface area contributed by atoms with Gasteiger partial charge in [-0.3, -0.25) is 14.8 Å². The topological polar surface area (TPSA) is 129 Å². The molecular weight excluding hydrogens is 472 g/mol. The number of nitrogens with zero attached hydrogens (tertiary/aromatic N) is 4. The summed E-state index contributed by atoms with van der Waals surface area (Å²) in [6, 6.07) is 18.3. The van der Waals surface area contributed by atoms with Crippen LogP contribution in [-0.2, 0) is 6.61 Å². The molecular formula is C27H28N6O2S. The first-order chi connectivity index (χ1) is 17.5. The molecule has 0 spiro atoms. The molecule has 36 heavy (non-hydrogen) atoms. The average molecular weight is 501 g/mol. The van der Waals surface area contributed by atoms with E-state index in [1.165, 1.54) is 0 Å². The van der Waals surface area contributed by atoms with Crippen molar-refractivity contribution in [2.24, 2.45) is 16.5 Å². The van der Waals surface area contributed by atoms with Crippen LogP contribution in [0.15, 0.2) is 78.0 Å². The number of allylic oxidation sites excluding steroid dienone is 1. The Morgan fingerprint density at radius 3 is 2.28 bits per heavy atom. The summed E-state index contributed by atoms with van der Waals surface area (Å²) in [7, 11) is 1.70. The van der Waals surface area contributed by atoms with Crippen LogP contribution in [0.2, 0.25) is 0 Å². The second kappa shape index (κ2) is 13.0. The second-order valence-electron chi connectivity index (χ2n) is 7.54. The number of fused-ring (bicyclic) bond motifs is 1. The summed E-state index contributed by atoms with van der Waals surface area (Å²) in [5.41, 5.74) is 15.9. The van der Waals surface area contributed by atoms with Gasteiger partial charge in [-0.1, -0.05) is 18.2 Å². The lowest BCUT2D eigenvalue weighted by Crippen LogP contribution is -2.16. The maximum absolute atomic E-state index is 11.8. The van der Waals surface area contributed by atoms with Gasteiger partial charge in [-0.15, -0.1) is 0 Å². The highest BCUT2D eigenvalue weighted by molar-refractivity contribution is 7.97. The van der Waals surface area contributed by atoms with Gasteiger partial charge in [-0.25, -0.2) is 9.97 Å². The van der Waals surface area contributed by atoms with Gasteiger partial charge in [0.2, 0.25) is 0 Å². The molecule has 0 unspecified atom stereocenters. The summed E-state index contributed by atoms with van der Waals surface area (Å²) in [4.78, 5) is 28.7. The number of aromatic nitrogens is 3. The predicted molar refractivity (Wildman–Crippen MR) is 148 cm³/mol. The van der Waals surface area contributed by atoms with Crippen molar-refractivity contribution in [2.45, 2.75) is 6.61 Å². The molecule has 2 aromatic carbocycles. The lowest BCUT2D eigenvalue weighted by atomic mass is 10.0. The van der Waals surface area contributed by atoms with Gasteiger partial charge in [-0.05, 0) is 66.1 Å². The number of ether oxygens (including phenoxy) is 1. The van der Waals surface area contributed by atoms with Gasteiger partial charge < -0.3 is 16.2 Å². The molecule has 0 aliphatic rings. The number of rotatable bonds is 7. The fourth-order valence-electron chi connectivity index (χ4n) is 3.37. The van der Waals surface area contributed by atoms with Gasteiger partial charge in [0.25, 0.3) is 5.91 Å². The molecule has 1 amide bonds. The molecule has 4 aromatic rings. The van der Waals surface area contributed by atoms with Crippen molar-refractivity contribution in [1.29, 1.82) is 0 Å². The molecule has 184 valence electrons. The Bertz CT molecular complexity index is 1370. The Balaban J connectivity index is 0.00000115. The molecule has 0 saturated carbocycles. The normalized spacial score (nSPS) is 11.5. The maximum Gasteiger partial charge on any atom is 0.268 e. The Morgan fingerprint density at radius 1 is 0.972 bits per heavy atom. The summed E-state index contributed by atoms with van der Waals surface area (Å²) in [6.07, 6.45) is 9.23. The van der Waals surface area contributed by atoms with E-state index in [0.29, 0.717) is 28.2 Å². The largest absolute Gasteiger partial charge is 0.486 e. The molecule has 4 rings (SSSR count). The monoisotopic (exact) mass is 500 g/mol. The lowest BCUT2D eigenvalue weighted by Gasteiger charge is -2.11. The van der Waals surface area contributed by atoms with Crippen molar-refractivity contribution in [2.75, 3.05) is 19.6 Å². The van der Waals surface area contributed by atoms with E-state index in [4.69, 9.17) is 16.2 Å². The van der Waals surface area contributed by atoms with E-state index >= 15 is 0 Å². The van der Waals surface area contributed by atoms with Gasteiger partial charge in [0, 0.05) is 42.3 Å². The number of primary amides is 1. The van der Waals surface area contributed by atoms with Crippen molar-refractivity contribution in [3.05, 3.63) is 95.7 Å². The molecule has 0 aliphatic heterocycles. The third-order valence-corrected chi connectivity index (χ3v) is 4.96. The molecule has 0 aliphatic carbocycles. The van der Waals surface area contributed by atoms with Crippen LogP contribution in [0.1, 0.15) is 27.4 Å². The SMILES string of the molecule is CN=C/C(=C(\N)c1ccc(OCc2nc(C(N)=O)c3ccccc3n2)cc1)c1ccncc1.CSC. The summed E-state index contributed by atoms with van der Waals surface area (Å²) in [5, 5.41) is 0.612. The lowest BCUT2D eigenvalue weighted by molar-refractivity contribution is 0.0996. The minimum absolute atomic E-state index is 0.0839. The van der Waals surface area contributed by atoms with E-state index in [1.807, 2.05) is 61.0 Å². The molecule has 0 saturated heterocycles. The molecule has 0 bridgehead atoms. The fraction of sp³-hybridized carbons (Fsp3) is 0.148. The number of benzene rings is 2. The third-order valence-electron chi connectivity index (χ3n) is 4.96.